The maximum absolute atomic E-state index is 12.8. The number of ether oxygens (including phenoxy) is 2. The van der Waals surface area contributed by atoms with Gasteiger partial charge in [-0.1, -0.05) is 6.07 Å². The number of aromatic nitrogens is 4. The van der Waals surface area contributed by atoms with E-state index in [0.29, 0.717) is 18.9 Å². The molecule has 3 aromatic rings. The number of nitrogens with zero attached hydrogens (tertiary/aromatic N) is 4. The molecule has 37 heavy (non-hydrogen) atoms. The Kier molecular flexibility index (Phi) is 8.20. The third-order valence-corrected chi connectivity index (χ3v) is 5.01. The van der Waals surface area contributed by atoms with E-state index in [9.17, 15) is 31.1 Å². The minimum Gasteiger partial charge on any atom is -0.478 e. The van der Waals surface area contributed by atoms with Crippen molar-refractivity contribution in [3.8, 4) is 5.88 Å². The van der Waals surface area contributed by atoms with Crippen molar-refractivity contribution in [1.82, 2.24) is 19.4 Å². The van der Waals surface area contributed by atoms with Gasteiger partial charge in [0.1, 0.15) is 11.4 Å². The molecule has 0 aliphatic carbocycles. The van der Waals surface area contributed by atoms with Crippen LogP contribution in [0, 0.1) is 0 Å². The van der Waals surface area contributed by atoms with E-state index in [4.69, 9.17) is 19.4 Å². The van der Waals surface area contributed by atoms with Crippen LogP contribution in [0.3, 0.4) is 0 Å². The first kappa shape index (κ1) is 27.6. The first-order chi connectivity index (χ1) is 17.3. The largest absolute Gasteiger partial charge is 0.490 e. The van der Waals surface area contributed by atoms with Crippen LogP contribution in [0.15, 0.2) is 30.6 Å². The third-order valence-electron chi connectivity index (χ3n) is 5.01. The zero-order chi connectivity index (χ0) is 27.4. The van der Waals surface area contributed by atoms with Crippen molar-refractivity contribution in [2.75, 3.05) is 25.6 Å². The predicted octanol–water partition coefficient (Wildman–Crippen LogP) is 3.93. The van der Waals surface area contributed by atoms with Crippen molar-refractivity contribution in [3.05, 3.63) is 47.7 Å². The number of alkyl halides is 6. The fourth-order valence-electron chi connectivity index (χ4n) is 3.28. The number of hydrogen-bond donors (Lipinski definition) is 2. The van der Waals surface area contributed by atoms with E-state index >= 15 is 0 Å². The maximum Gasteiger partial charge on any atom is 0.490 e. The van der Waals surface area contributed by atoms with E-state index in [0.717, 1.165) is 30.7 Å². The second kappa shape index (κ2) is 11.0. The number of hydrogen-bond acceptors (Lipinski definition) is 7. The monoisotopic (exact) mass is 535 g/mol. The molecular weight excluding hydrogens is 516 g/mol. The standard InChI is InChI=1S/C19H18F3N5O3.C2HF3O2/c1-29-18-16-24-13(11-5-7-30-8-6-11)9-27(16)10-15(26-18)25-17(28)12-3-2-4-14(23-12)19(20,21)22;3-2(4,5)1(6)7/h2-4,9-11H,5-8H2,1H3,(H,25,28);(H,6,7). The molecule has 0 aromatic carbocycles. The second-order valence-corrected chi connectivity index (χ2v) is 7.58. The van der Waals surface area contributed by atoms with E-state index in [1.54, 1.807) is 4.40 Å². The normalized spacial score (nSPS) is 14.6. The number of halogens is 6. The van der Waals surface area contributed by atoms with Gasteiger partial charge in [-0.2, -0.15) is 31.3 Å². The molecule has 16 heteroatoms. The van der Waals surface area contributed by atoms with Crippen molar-refractivity contribution < 1.29 is 50.5 Å². The number of pyridine rings is 1. The van der Waals surface area contributed by atoms with Gasteiger partial charge in [0.05, 0.1) is 19.0 Å². The van der Waals surface area contributed by atoms with Gasteiger partial charge < -0.3 is 19.9 Å². The van der Waals surface area contributed by atoms with Crippen molar-refractivity contribution in [1.29, 1.82) is 0 Å². The molecule has 0 bridgehead atoms. The number of carboxylic acid groups (broad SMARTS) is 1. The van der Waals surface area contributed by atoms with Gasteiger partial charge >= 0.3 is 18.3 Å². The van der Waals surface area contributed by atoms with Crippen LogP contribution < -0.4 is 10.1 Å². The summed E-state index contributed by atoms with van der Waals surface area (Å²) >= 11 is 0. The Morgan fingerprint density at radius 1 is 1.08 bits per heavy atom. The van der Waals surface area contributed by atoms with Gasteiger partial charge in [-0.3, -0.25) is 9.20 Å². The number of carbonyl (C=O) groups is 2. The van der Waals surface area contributed by atoms with E-state index < -0.39 is 29.9 Å². The smallest absolute Gasteiger partial charge is 0.478 e. The van der Waals surface area contributed by atoms with Gasteiger partial charge in [0.2, 0.25) is 5.65 Å². The number of aliphatic carboxylic acids is 1. The quantitative estimate of drug-likeness (QED) is 0.481. The Balaban J connectivity index is 0.000000479. The van der Waals surface area contributed by atoms with E-state index in [1.165, 1.54) is 19.4 Å². The topological polar surface area (TPSA) is 128 Å². The van der Waals surface area contributed by atoms with Gasteiger partial charge in [0.15, 0.2) is 5.82 Å². The van der Waals surface area contributed by atoms with Crippen LogP contribution >= 0.6 is 0 Å². The summed E-state index contributed by atoms with van der Waals surface area (Å²) in [6.07, 6.45) is -4.67. The zero-order valence-electron chi connectivity index (χ0n) is 18.9. The van der Waals surface area contributed by atoms with Gasteiger partial charge in [-0.05, 0) is 25.0 Å². The van der Waals surface area contributed by atoms with Crippen molar-refractivity contribution in [3.63, 3.8) is 0 Å². The Morgan fingerprint density at radius 2 is 1.73 bits per heavy atom. The summed E-state index contributed by atoms with van der Waals surface area (Å²) < 4.78 is 82.6. The summed E-state index contributed by atoms with van der Waals surface area (Å²) in [5, 5.41) is 9.59. The number of carboxylic acids is 1. The molecule has 10 nitrogen and oxygen atoms in total. The molecule has 1 amide bonds. The number of rotatable bonds is 4. The molecule has 200 valence electrons. The molecule has 2 N–H and O–H groups in total. The van der Waals surface area contributed by atoms with Crippen LogP contribution in [-0.2, 0) is 15.7 Å². The Hall–Kier alpha value is -3.95. The number of methoxy groups -OCH3 is 1. The summed E-state index contributed by atoms with van der Waals surface area (Å²) in [6, 6.07) is 3.12. The fraction of sp³-hybridized carbons (Fsp3) is 0.381. The second-order valence-electron chi connectivity index (χ2n) is 7.58. The molecule has 0 saturated carbocycles. The molecule has 0 atom stereocenters. The molecule has 1 aliphatic heterocycles. The summed E-state index contributed by atoms with van der Waals surface area (Å²) in [5.41, 5.74) is -0.179. The SMILES string of the molecule is COc1nc(NC(=O)c2cccc(C(F)(F)F)n2)cn2cc(C3CCOCC3)nc12.O=C(O)C(F)(F)F. The number of nitrogens with one attached hydrogen (secondary N) is 1. The number of imidazole rings is 1. The highest BCUT2D eigenvalue weighted by molar-refractivity contribution is 6.02. The number of fused-ring (bicyclic) bond motifs is 1. The highest BCUT2D eigenvalue weighted by atomic mass is 19.4. The molecule has 4 heterocycles. The average Bonchev–Trinajstić information content (AvgIpc) is 3.28. The van der Waals surface area contributed by atoms with Crippen LogP contribution in [-0.4, -0.2) is 62.8 Å². The molecular formula is C21H19F6N5O5. The summed E-state index contributed by atoms with van der Waals surface area (Å²) in [4.78, 5) is 33.5. The van der Waals surface area contributed by atoms with Crippen LogP contribution in [0.5, 0.6) is 5.88 Å². The fourth-order valence-corrected chi connectivity index (χ4v) is 3.28. The summed E-state index contributed by atoms with van der Waals surface area (Å²) in [5.74, 6) is -3.05. The van der Waals surface area contributed by atoms with Gasteiger partial charge in [0.25, 0.3) is 11.8 Å². The first-order valence-corrected chi connectivity index (χ1v) is 10.5. The highest BCUT2D eigenvalue weighted by Gasteiger charge is 2.38. The number of anilines is 1. The molecule has 1 saturated heterocycles. The van der Waals surface area contributed by atoms with Gasteiger partial charge in [0, 0.05) is 25.3 Å². The van der Waals surface area contributed by atoms with Crippen molar-refractivity contribution in [2.45, 2.75) is 31.1 Å². The van der Waals surface area contributed by atoms with Crippen LogP contribution in [0.25, 0.3) is 5.65 Å². The lowest BCUT2D eigenvalue weighted by atomic mass is 9.97. The summed E-state index contributed by atoms with van der Waals surface area (Å²) in [6.45, 7) is 1.33. The Labute approximate surface area is 204 Å². The molecule has 1 aliphatic rings. The van der Waals surface area contributed by atoms with Crippen LogP contribution in [0.2, 0.25) is 0 Å². The van der Waals surface area contributed by atoms with Crippen molar-refractivity contribution in [2.24, 2.45) is 0 Å². The molecule has 3 aromatic heterocycles. The van der Waals surface area contributed by atoms with Crippen molar-refractivity contribution >= 4 is 23.3 Å². The highest BCUT2D eigenvalue weighted by Crippen LogP contribution is 2.29. The summed E-state index contributed by atoms with van der Waals surface area (Å²) in [7, 11) is 1.42. The minimum atomic E-state index is -5.08. The lowest BCUT2D eigenvalue weighted by Gasteiger charge is -2.19. The maximum atomic E-state index is 12.8. The van der Waals surface area contributed by atoms with Crippen LogP contribution in [0.1, 0.15) is 40.6 Å². The number of amides is 1. The Morgan fingerprint density at radius 3 is 2.30 bits per heavy atom. The van der Waals surface area contributed by atoms with E-state index in [1.807, 2.05) is 6.20 Å². The average molecular weight is 535 g/mol. The third kappa shape index (κ3) is 7.05. The van der Waals surface area contributed by atoms with E-state index in [-0.39, 0.29) is 23.3 Å². The Bertz CT molecular complexity index is 1270. The predicted molar refractivity (Wildman–Crippen MR) is 113 cm³/mol. The number of carbonyl (C=O) groups excluding carboxylic acids is 1. The zero-order valence-corrected chi connectivity index (χ0v) is 18.9. The molecule has 0 spiro atoms. The van der Waals surface area contributed by atoms with Crippen LogP contribution in [0.4, 0.5) is 32.2 Å². The lowest BCUT2D eigenvalue weighted by Crippen LogP contribution is -2.21. The van der Waals surface area contributed by atoms with Gasteiger partial charge in [-0.15, -0.1) is 0 Å². The van der Waals surface area contributed by atoms with E-state index in [2.05, 4.69) is 20.3 Å². The molecule has 4 rings (SSSR count). The molecule has 1 fully saturated rings. The lowest BCUT2D eigenvalue weighted by molar-refractivity contribution is -0.192. The van der Waals surface area contributed by atoms with Gasteiger partial charge in [-0.25, -0.2) is 14.8 Å². The first-order valence-electron chi connectivity index (χ1n) is 10.5. The molecule has 0 radical (unpaired) electrons. The molecule has 0 unspecified atom stereocenters. The minimum absolute atomic E-state index is 0.0967.